The quantitative estimate of drug-likeness (QED) is 0.837. The molecule has 3 heteroatoms. The Labute approximate surface area is 121 Å². The summed E-state index contributed by atoms with van der Waals surface area (Å²) in [5, 5.41) is 0. The van der Waals surface area contributed by atoms with Gasteiger partial charge in [-0.1, -0.05) is 42.7 Å². The molecule has 0 aliphatic heterocycles. The van der Waals surface area contributed by atoms with Crippen LogP contribution in [0.1, 0.15) is 55.7 Å². The third-order valence-corrected chi connectivity index (χ3v) is 4.57. The number of hydrogen-bond donors (Lipinski definition) is 1. The zero-order chi connectivity index (χ0) is 14.6. The lowest BCUT2D eigenvalue weighted by Gasteiger charge is -2.31. The summed E-state index contributed by atoms with van der Waals surface area (Å²) in [6.07, 6.45) is 5.92. The molecular formula is C17H25NO2. The van der Waals surface area contributed by atoms with Gasteiger partial charge in [-0.2, -0.15) is 0 Å². The van der Waals surface area contributed by atoms with Crippen molar-refractivity contribution in [1.82, 2.24) is 0 Å². The Balaban J connectivity index is 2.07. The second-order valence-electron chi connectivity index (χ2n) is 6.18. The van der Waals surface area contributed by atoms with Crippen molar-refractivity contribution in [3.8, 4) is 0 Å². The minimum Gasteiger partial charge on any atom is -0.469 e. The average Bonchev–Trinajstić information content (AvgIpc) is 2.87. The molecule has 1 aliphatic rings. The molecule has 3 nitrogen and oxygen atoms in total. The molecule has 2 N–H and O–H groups in total. The summed E-state index contributed by atoms with van der Waals surface area (Å²) < 4.78 is 4.86. The van der Waals surface area contributed by atoms with Gasteiger partial charge < -0.3 is 10.5 Å². The molecule has 1 saturated carbocycles. The molecule has 1 aromatic rings. The van der Waals surface area contributed by atoms with E-state index in [9.17, 15) is 4.79 Å². The molecule has 2 rings (SSSR count). The Morgan fingerprint density at radius 2 is 1.90 bits per heavy atom. The number of aryl methyl sites for hydroxylation is 1. The Morgan fingerprint density at radius 1 is 1.30 bits per heavy atom. The van der Waals surface area contributed by atoms with Crippen molar-refractivity contribution in [2.24, 2.45) is 11.1 Å². The minimum atomic E-state index is -0.108. The highest BCUT2D eigenvalue weighted by Gasteiger charge is 2.37. The fourth-order valence-electron chi connectivity index (χ4n) is 3.35. The molecule has 0 heterocycles. The summed E-state index contributed by atoms with van der Waals surface area (Å²) in [4.78, 5) is 11.7. The highest BCUT2D eigenvalue weighted by atomic mass is 16.5. The van der Waals surface area contributed by atoms with E-state index in [1.54, 1.807) is 0 Å². The van der Waals surface area contributed by atoms with Crippen molar-refractivity contribution < 1.29 is 9.53 Å². The molecule has 1 aromatic carbocycles. The Bertz CT molecular complexity index is 447. The monoisotopic (exact) mass is 275 g/mol. The van der Waals surface area contributed by atoms with Crippen molar-refractivity contribution in [1.29, 1.82) is 0 Å². The first kappa shape index (κ1) is 15.0. The lowest BCUT2D eigenvalue weighted by molar-refractivity contribution is -0.143. The van der Waals surface area contributed by atoms with E-state index in [0.29, 0.717) is 6.42 Å². The molecule has 0 radical (unpaired) electrons. The first-order chi connectivity index (χ1) is 9.54. The Morgan fingerprint density at radius 3 is 2.45 bits per heavy atom. The third-order valence-electron chi connectivity index (χ3n) is 4.57. The third kappa shape index (κ3) is 3.60. The molecule has 20 heavy (non-hydrogen) atoms. The maximum Gasteiger partial charge on any atom is 0.306 e. The molecule has 0 amide bonds. The molecule has 0 bridgehead atoms. The first-order valence-corrected chi connectivity index (χ1v) is 7.44. The SMILES string of the molecule is COC(=O)CC1(CC(N)c2ccc(C)cc2)CCCC1. The zero-order valence-electron chi connectivity index (χ0n) is 12.5. The van der Waals surface area contributed by atoms with Gasteiger partial charge in [-0.05, 0) is 37.2 Å². The summed E-state index contributed by atoms with van der Waals surface area (Å²) in [6.45, 7) is 2.07. The van der Waals surface area contributed by atoms with Crippen LogP contribution in [0, 0.1) is 12.3 Å². The second kappa shape index (κ2) is 6.40. The maximum atomic E-state index is 11.7. The number of rotatable bonds is 5. The van der Waals surface area contributed by atoms with E-state index in [-0.39, 0.29) is 17.4 Å². The summed E-state index contributed by atoms with van der Waals surface area (Å²) in [7, 11) is 1.46. The summed E-state index contributed by atoms with van der Waals surface area (Å²) in [5.41, 5.74) is 8.81. The highest BCUT2D eigenvalue weighted by Crippen LogP contribution is 2.46. The van der Waals surface area contributed by atoms with Crippen molar-refractivity contribution >= 4 is 5.97 Å². The predicted molar refractivity (Wildman–Crippen MR) is 80.3 cm³/mol. The number of hydrogen-bond acceptors (Lipinski definition) is 3. The average molecular weight is 275 g/mol. The van der Waals surface area contributed by atoms with Gasteiger partial charge in [-0.15, -0.1) is 0 Å². The number of esters is 1. The van der Waals surface area contributed by atoms with Gasteiger partial charge in [0.15, 0.2) is 0 Å². The van der Waals surface area contributed by atoms with Gasteiger partial charge >= 0.3 is 5.97 Å². The van der Waals surface area contributed by atoms with Crippen LogP contribution in [0.25, 0.3) is 0 Å². The summed E-state index contributed by atoms with van der Waals surface area (Å²) in [6, 6.07) is 8.38. The van der Waals surface area contributed by atoms with Crippen LogP contribution in [0.3, 0.4) is 0 Å². The lowest BCUT2D eigenvalue weighted by atomic mass is 9.76. The van der Waals surface area contributed by atoms with E-state index in [1.165, 1.54) is 25.5 Å². The molecule has 1 aliphatic carbocycles. The van der Waals surface area contributed by atoms with Crippen molar-refractivity contribution in [2.45, 2.75) is 51.5 Å². The van der Waals surface area contributed by atoms with E-state index >= 15 is 0 Å². The van der Waals surface area contributed by atoms with E-state index < -0.39 is 0 Å². The second-order valence-corrected chi connectivity index (χ2v) is 6.18. The number of carbonyl (C=O) groups excluding carboxylic acids is 1. The summed E-state index contributed by atoms with van der Waals surface area (Å²) >= 11 is 0. The van der Waals surface area contributed by atoms with Crippen LogP contribution in [0.5, 0.6) is 0 Å². The molecule has 110 valence electrons. The van der Waals surface area contributed by atoms with Crippen LogP contribution < -0.4 is 5.73 Å². The van der Waals surface area contributed by atoms with E-state index in [2.05, 4.69) is 31.2 Å². The number of ether oxygens (including phenoxy) is 1. The van der Waals surface area contributed by atoms with Gasteiger partial charge in [-0.3, -0.25) is 4.79 Å². The van der Waals surface area contributed by atoms with Gasteiger partial charge in [-0.25, -0.2) is 0 Å². The fourth-order valence-corrected chi connectivity index (χ4v) is 3.35. The van der Waals surface area contributed by atoms with Crippen LogP contribution in [0.4, 0.5) is 0 Å². The van der Waals surface area contributed by atoms with Gasteiger partial charge in [0.2, 0.25) is 0 Å². The van der Waals surface area contributed by atoms with Crippen LogP contribution in [0.15, 0.2) is 24.3 Å². The maximum absolute atomic E-state index is 11.7. The van der Waals surface area contributed by atoms with Crippen LogP contribution >= 0.6 is 0 Å². The van der Waals surface area contributed by atoms with Crippen LogP contribution in [-0.4, -0.2) is 13.1 Å². The minimum absolute atomic E-state index is 0.00152. The number of nitrogens with two attached hydrogens (primary N) is 1. The zero-order valence-corrected chi connectivity index (χ0v) is 12.5. The van der Waals surface area contributed by atoms with Crippen molar-refractivity contribution in [3.63, 3.8) is 0 Å². The molecule has 1 fully saturated rings. The molecule has 1 unspecified atom stereocenters. The van der Waals surface area contributed by atoms with E-state index in [4.69, 9.17) is 10.5 Å². The van der Waals surface area contributed by atoms with E-state index in [0.717, 1.165) is 24.8 Å². The topological polar surface area (TPSA) is 52.3 Å². The smallest absolute Gasteiger partial charge is 0.306 e. The van der Waals surface area contributed by atoms with Gasteiger partial charge in [0.05, 0.1) is 13.5 Å². The summed E-state index contributed by atoms with van der Waals surface area (Å²) in [5.74, 6) is -0.108. The molecule has 0 saturated heterocycles. The molecule has 1 atom stereocenters. The van der Waals surface area contributed by atoms with Gasteiger partial charge in [0.25, 0.3) is 0 Å². The molecular weight excluding hydrogens is 250 g/mol. The number of carbonyl (C=O) groups is 1. The first-order valence-electron chi connectivity index (χ1n) is 7.44. The van der Waals surface area contributed by atoms with Gasteiger partial charge in [0, 0.05) is 6.04 Å². The lowest BCUT2D eigenvalue weighted by Crippen LogP contribution is -2.27. The highest BCUT2D eigenvalue weighted by molar-refractivity contribution is 5.70. The van der Waals surface area contributed by atoms with E-state index in [1.807, 2.05) is 0 Å². The van der Waals surface area contributed by atoms with Gasteiger partial charge in [0.1, 0.15) is 0 Å². The fraction of sp³-hybridized carbons (Fsp3) is 0.588. The Hall–Kier alpha value is -1.35. The van der Waals surface area contributed by atoms with Crippen LogP contribution in [-0.2, 0) is 9.53 Å². The van der Waals surface area contributed by atoms with Crippen molar-refractivity contribution in [2.75, 3.05) is 7.11 Å². The molecule has 0 spiro atoms. The van der Waals surface area contributed by atoms with Crippen molar-refractivity contribution in [3.05, 3.63) is 35.4 Å². The normalized spacial score (nSPS) is 18.8. The number of methoxy groups -OCH3 is 1. The largest absolute Gasteiger partial charge is 0.469 e. The molecule has 0 aromatic heterocycles. The number of benzene rings is 1. The standard InChI is InChI=1S/C17H25NO2/c1-13-5-7-14(8-6-13)15(18)11-17(9-3-4-10-17)12-16(19)20-2/h5-8,15H,3-4,9-12,18H2,1-2H3. The van der Waals surface area contributed by atoms with Crippen LogP contribution in [0.2, 0.25) is 0 Å². The predicted octanol–water partition coefficient (Wildman–Crippen LogP) is 3.51. The Kier molecular flexibility index (Phi) is 4.81.